The molecule has 0 N–H and O–H groups in total. The van der Waals surface area contributed by atoms with E-state index in [1.807, 2.05) is 35.6 Å². The Morgan fingerprint density at radius 3 is 2.94 bits per heavy atom. The van der Waals surface area contributed by atoms with Crippen molar-refractivity contribution in [3.8, 4) is 0 Å². The molecule has 4 heteroatoms. The SMILES string of the molecule is CC(C)n1cncc1Cn1ccc(C=O)c1. The lowest BCUT2D eigenvalue weighted by Crippen LogP contribution is -2.07. The second-order valence-electron chi connectivity index (χ2n) is 4.12. The normalized spacial score (nSPS) is 10.9. The number of rotatable bonds is 4. The second kappa shape index (κ2) is 4.35. The molecule has 2 aromatic heterocycles. The van der Waals surface area contributed by atoms with Gasteiger partial charge < -0.3 is 9.13 Å². The molecule has 0 aromatic carbocycles. The molecule has 0 aliphatic rings. The summed E-state index contributed by atoms with van der Waals surface area (Å²) >= 11 is 0. The summed E-state index contributed by atoms with van der Waals surface area (Å²) in [5.74, 6) is 0. The molecule has 2 heterocycles. The number of aromatic nitrogens is 3. The summed E-state index contributed by atoms with van der Waals surface area (Å²) in [4.78, 5) is 14.7. The van der Waals surface area contributed by atoms with Crippen molar-refractivity contribution in [2.75, 3.05) is 0 Å². The largest absolute Gasteiger partial charge is 0.348 e. The lowest BCUT2D eigenvalue weighted by molar-refractivity contribution is 0.112. The van der Waals surface area contributed by atoms with Crippen LogP contribution in [0.1, 0.15) is 35.9 Å². The number of hydrogen-bond acceptors (Lipinski definition) is 2. The van der Waals surface area contributed by atoms with Gasteiger partial charge in [0.25, 0.3) is 0 Å². The fourth-order valence-corrected chi connectivity index (χ4v) is 1.73. The molecule has 0 amide bonds. The second-order valence-corrected chi connectivity index (χ2v) is 4.12. The maximum Gasteiger partial charge on any atom is 0.151 e. The van der Waals surface area contributed by atoms with Crippen molar-refractivity contribution in [3.63, 3.8) is 0 Å². The van der Waals surface area contributed by atoms with Crippen molar-refractivity contribution < 1.29 is 4.79 Å². The van der Waals surface area contributed by atoms with Crippen LogP contribution < -0.4 is 0 Å². The van der Waals surface area contributed by atoms with E-state index in [2.05, 4.69) is 23.4 Å². The molecule has 0 saturated carbocycles. The lowest BCUT2D eigenvalue weighted by atomic mass is 10.3. The van der Waals surface area contributed by atoms with E-state index in [0.717, 1.165) is 18.5 Å². The predicted octanol–water partition coefficient (Wildman–Crippen LogP) is 2.13. The molecule has 0 bridgehead atoms. The molecule has 0 radical (unpaired) electrons. The minimum Gasteiger partial charge on any atom is -0.348 e. The van der Waals surface area contributed by atoms with Gasteiger partial charge in [-0.15, -0.1) is 0 Å². The summed E-state index contributed by atoms with van der Waals surface area (Å²) in [5, 5.41) is 0. The molecule has 0 aliphatic heterocycles. The number of hydrogen-bond donors (Lipinski definition) is 0. The van der Waals surface area contributed by atoms with Crippen molar-refractivity contribution in [1.82, 2.24) is 14.1 Å². The van der Waals surface area contributed by atoms with Crippen LogP contribution in [0.3, 0.4) is 0 Å². The Bertz CT molecular complexity index is 482. The van der Waals surface area contributed by atoms with Crippen molar-refractivity contribution >= 4 is 6.29 Å². The first kappa shape index (κ1) is 10.7. The van der Waals surface area contributed by atoms with E-state index in [0.29, 0.717) is 11.6 Å². The van der Waals surface area contributed by atoms with E-state index >= 15 is 0 Å². The summed E-state index contributed by atoms with van der Waals surface area (Å²) in [5.41, 5.74) is 1.85. The van der Waals surface area contributed by atoms with Crippen LogP contribution in [0, 0.1) is 0 Å². The summed E-state index contributed by atoms with van der Waals surface area (Å²) in [6.07, 6.45) is 8.30. The standard InChI is InChI=1S/C12H15N3O/c1-10(2)15-9-13-5-12(15)7-14-4-3-11(6-14)8-16/h3-6,8-10H,7H2,1-2H3. The van der Waals surface area contributed by atoms with Gasteiger partial charge in [0.05, 0.1) is 18.6 Å². The topological polar surface area (TPSA) is 39.8 Å². The minimum absolute atomic E-state index is 0.401. The number of aldehydes is 1. The Morgan fingerprint density at radius 1 is 1.50 bits per heavy atom. The van der Waals surface area contributed by atoms with Crippen molar-refractivity contribution in [3.05, 3.63) is 42.2 Å². The molecular formula is C12H15N3O. The fourth-order valence-electron chi connectivity index (χ4n) is 1.73. The zero-order chi connectivity index (χ0) is 11.5. The van der Waals surface area contributed by atoms with Gasteiger partial charge in [0.2, 0.25) is 0 Å². The maximum atomic E-state index is 10.6. The van der Waals surface area contributed by atoms with Crippen LogP contribution in [0.15, 0.2) is 31.0 Å². The van der Waals surface area contributed by atoms with Crippen LogP contribution in [0.4, 0.5) is 0 Å². The number of imidazole rings is 1. The van der Waals surface area contributed by atoms with Crippen molar-refractivity contribution in [2.45, 2.75) is 26.4 Å². The monoisotopic (exact) mass is 217 g/mol. The third kappa shape index (κ3) is 2.05. The summed E-state index contributed by atoms with van der Waals surface area (Å²) in [7, 11) is 0. The Labute approximate surface area is 94.5 Å². The fraction of sp³-hybridized carbons (Fsp3) is 0.333. The Kier molecular flexibility index (Phi) is 2.90. The van der Waals surface area contributed by atoms with E-state index in [1.54, 1.807) is 0 Å². The summed E-state index contributed by atoms with van der Waals surface area (Å²) in [6.45, 7) is 4.99. The molecule has 0 aliphatic carbocycles. The number of carbonyl (C=O) groups is 1. The van der Waals surface area contributed by atoms with E-state index < -0.39 is 0 Å². The summed E-state index contributed by atoms with van der Waals surface area (Å²) in [6, 6.07) is 2.21. The highest BCUT2D eigenvalue weighted by Crippen LogP contribution is 2.11. The van der Waals surface area contributed by atoms with Gasteiger partial charge in [0, 0.05) is 30.2 Å². The zero-order valence-electron chi connectivity index (χ0n) is 9.50. The van der Waals surface area contributed by atoms with Gasteiger partial charge in [-0.2, -0.15) is 0 Å². The first-order valence-corrected chi connectivity index (χ1v) is 5.32. The predicted molar refractivity (Wildman–Crippen MR) is 61.5 cm³/mol. The lowest BCUT2D eigenvalue weighted by Gasteiger charge is -2.11. The van der Waals surface area contributed by atoms with Crippen LogP contribution >= 0.6 is 0 Å². The molecule has 0 atom stereocenters. The molecule has 0 saturated heterocycles. The van der Waals surface area contributed by atoms with Gasteiger partial charge in [-0.3, -0.25) is 4.79 Å². The highest BCUT2D eigenvalue weighted by molar-refractivity contribution is 5.74. The first-order valence-electron chi connectivity index (χ1n) is 5.32. The molecule has 4 nitrogen and oxygen atoms in total. The Balaban J connectivity index is 2.20. The Morgan fingerprint density at radius 2 is 2.31 bits per heavy atom. The van der Waals surface area contributed by atoms with E-state index in [-0.39, 0.29) is 0 Å². The molecule has 84 valence electrons. The molecule has 16 heavy (non-hydrogen) atoms. The Hall–Kier alpha value is -1.84. The van der Waals surface area contributed by atoms with Crippen molar-refractivity contribution in [1.29, 1.82) is 0 Å². The van der Waals surface area contributed by atoms with E-state index in [9.17, 15) is 4.79 Å². The van der Waals surface area contributed by atoms with Crippen LogP contribution in [-0.2, 0) is 6.54 Å². The molecule has 2 aromatic rings. The molecule has 0 spiro atoms. The van der Waals surface area contributed by atoms with Crippen molar-refractivity contribution in [2.24, 2.45) is 0 Å². The van der Waals surface area contributed by atoms with Crippen LogP contribution in [0.25, 0.3) is 0 Å². The van der Waals surface area contributed by atoms with Gasteiger partial charge >= 0.3 is 0 Å². The van der Waals surface area contributed by atoms with Gasteiger partial charge in [-0.05, 0) is 19.9 Å². The number of nitrogens with zero attached hydrogens (tertiary/aromatic N) is 3. The van der Waals surface area contributed by atoms with Gasteiger partial charge in [0.1, 0.15) is 0 Å². The van der Waals surface area contributed by atoms with E-state index in [4.69, 9.17) is 0 Å². The quantitative estimate of drug-likeness (QED) is 0.736. The van der Waals surface area contributed by atoms with E-state index in [1.165, 1.54) is 0 Å². The molecule has 0 unspecified atom stereocenters. The van der Waals surface area contributed by atoms with Gasteiger partial charge in [-0.25, -0.2) is 4.98 Å². The number of carbonyl (C=O) groups excluding carboxylic acids is 1. The highest BCUT2D eigenvalue weighted by atomic mass is 16.1. The van der Waals surface area contributed by atoms with Crippen LogP contribution in [0.5, 0.6) is 0 Å². The molecular weight excluding hydrogens is 202 g/mol. The molecule has 0 fully saturated rings. The zero-order valence-corrected chi connectivity index (χ0v) is 9.50. The molecule has 2 rings (SSSR count). The average Bonchev–Trinajstić information content (AvgIpc) is 2.87. The van der Waals surface area contributed by atoms with Crippen LogP contribution in [0.2, 0.25) is 0 Å². The highest BCUT2D eigenvalue weighted by Gasteiger charge is 2.05. The third-order valence-electron chi connectivity index (χ3n) is 2.56. The maximum absolute atomic E-state index is 10.6. The third-order valence-corrected chi connectivity index (χ3v) is 2.56. The van der Waals surface area contributed by atoms with Gasteiger partial charge in [-0.1, -0.05) is 0 Å². The van der Waals surface area contributed by atoms with Gasteiger partial charge in [0.15, 0.2) is 6.29 Å². The summed E-state index contributed by atoms with van der Waals surface area (Å²) < 4.78 is 4.11. The minimum atomic E-state index is 0.401. The first-order chi connectivity index (χ1) is 7.70. The van der Waals surface area contributed by atoms with Crippen LogP contribution in [-0.4, -0.2) is 20.4 Å². The smallest absolute Gasteiger partial charge is 0.151 e. The average molecular weight is 217 g/mol.